The van der Waals surface area contributed by atoms with Gasteiger partial charge in [0, 0.05) is 10.6 Å². The number of halogens is 1. The Hall–Kier alpha value is -0.670. The minimum absolute atomic E-state index is 0.215. The Morgan fingerprint density at radius 2 is 2.23 bits per heavy atom. The number of rotatable bonds is 1. The van der Waals surface area contributed by atoms with Crippen molar-refractivity contribution >= 4 is 35.3 Å². The molecule has 68 valence electrons. The first-order valence-electron chi connectivity index (χ1n) is 3.93. The summed E-state index contributed by atoms with van der Waals surface area (Å²) in [6.45, 7) is 0. The van der Waals surface area contributed by atoms with E-state index in [1.54, 1.807) is 0 Å². The van der Waals surface area contributed by atoms with E-state index in [2.05, 4.69) is 5.32 Å². The van der Waals surface area contributed by atoms with E-state index in [4.69, 9.17) is 11.6 Å². The van der Waals surface area contributed by atoms with Crippen molar-refractivity contribution in [3.8, 4) is 0 Å². The van der Waals surface area contributed by atoms with E-state index < -0.39 is 0 Å². The monoisotopic (exact) mass is 213 g/mol. The van der Waals surface area contributed by atoms with Gasteiger partial charge in [-0.15, -0.1) is 23.4 Å². The van der Waals surface area contributed by atoms with Crippen LogP contribution in [0, 0.1) is 0 Å². The van der Waals surface area contributed by atoms with Crippen molar-refractivity contribution in [3.63, 3.8) is 0 Å². The van der Waals surface area contributed by atoms with Gasteiger partial charge in [0.1, 0.15) is 17.0 Å². The number of carbonyl (C=O) groups is 1. The van der Waals surface area contributed by atoms with Crippen LogP contribution in [-0.2, 0) is 4.79 Å². The van der Waals surface area contributed by atoms with Gasteiger partial charge in [0.25, 0.3) is 0 Å². The summed E-state index contributed by atoms with van der Waals surface area (Å²) in [5.41, 5.74) is 0.988. The molecule has 0 radical (unpaired) electrons. The number of hydrogen-bond acceptors (Lipinski definition) is 3. The maximum absolute atomic E-state index is 10.6. The topological polar surface area (TPSA) is 29.1 Å². The molecule has 0 fully saturated rings. The first-order chi connectivity index (χ1) is 6.31. The zero-order valence-electron chi connectivity index (χ0n) is 6.74. The van der Waals surface area contributed by atoms with E-state index in [9.17, 15) is 4.79 Å². The van der Waals surface area contributed by atoms with E-state index in [1.807, 2.05) is 24.3 Å². The van der Waals surface area contributed by atoms with Gasteiger partial charge in [0.2, 0.25) is 0 Å². The summed E-state index contributed by atoms with van der Waals surface area (Å²) in [4.78, 5) is 11.7. The molecule has 0 saturated heterocycles. The van der Waals surface area contributed by atoms with Gasteiger partial charge in [0.15, 0.2) is 0 Å². The van der Waals surface area contributed by atoms with Gasteiger partial charge < -0.3 is 10.1 Å². The average molecular weight is 214 g/mol. The van der Waals surface area contributed by atoms with Crippen molar-refractivity contribution < 1.29 is 4.79 Å². The maximum atomic E-state index is 10.6. The molecule has 2 atom stereocenters. The molecule has 4 heteroatoms. The van der Waals surface area contributed by atoms with Crippen molar-refractivity contribution in [2.24, 2.45) is 0 Å². The van der Waals surface area contributed by atoms with Gasteiger partial charge in [-0.2, -0.15) is 0 Å². The van der Waals surface area contributed by atoms with Crippen LogP contribution >= 0.6 is 23.4 Å². The first-order valence-corrected chi connectivity index (χ1v) is 5.24. The molecule has 2 unspecified atom stereocenters. The summed E-state index contributed by atoms with van der Waals surface area (Å²) in [6, 6.07) is 7.54. The normalized spacial score (nSPS) is 25.9. The predicted molar refractivity (Wildman–Crippen MR) is 55.4 cm³/mol. The van der Waals surface area contributed by atoms with Crippen LogP contribution in [0.25, 0.3) is 0 Å². The Bertz CT molecular complexity index is 331. The Morgan fingerprint density at radius 1 is 1.46 bits per heavy atom. The summed E-state index contributed by atoms with van der Waals surface area (Å²) < 4.78 is -0.215. The van der Waals surface area contributed by atoms with E-state index in [0.29, 0.717) is 0 Å². The molecule has 2 nitrogen and oxygen atoms in total. The molecule has 1 aliphatic rings. The molecule has 1 aromatic rings. The molecule has 1 heterocycles. The van der Waals surface area contributed by atoms with E-state index in [1.165, 1.54) is 11.8 Å². The summed E-state index contributed by atoms with van der Waals surface area (Å²) in [5.74, 6) is 0. The third kappa shape index (κ3) is 1.67. The third-order valence-electron chi connectivity index (χ3n) is 1.88. The van der Waals surface area contributed by atoms with Gasteiger partial charge in [-0.3, -0.25) is 0 Å². The SMILES string of the molecule is O=CC1Nc2ccccc2SC1Cl. The Kier molecular flexibility index (Phi) is 2.47. The highest BCUT2D eigenvalue weighted by atomic mass is 35.5. The van der Waals surface area contributed by atoms with Crippen LogP contribution in [0.5, 0.6) is 0 Å². The summed E-state index contributed by atoms with van der Waals surface area (Å²) >= 11 is 7.50. The molecule has 0 bridgehead atoms. The molecule has 2 rings (SSSR count). The summed E-state index contributed by atoms with van der Waals surface area (Å²) in [7, 11) is 0. The fourth-order valence-electron chi connectivity index (χ4n) is 1.22. The Balaban J connectivity index is 2.32. The Labute approximate surface area is 85.7 Å². The quantitative estimate of drug-likeness (QED) is 0.574. The molecule has 1 N–H and O–H groups in total. The number of nitrogens with one attached hydrogen (secondary N) is 1. The van der Waals surface area contributed by atoms with E-state index in [-0.39, 0.29) is 10.8 Å². The lowest BCUT2D eigenvalue weighted by Crippen LogP contribution is -2.32. The minimum atomic E-state index is -0.290. The number of para-hydroxylation sites is 1. The smallest absolute Gasteiger partial charge is 0.144 e. The van der Waals surface area contributed by atoms with Crippen molar-refractivity contribution in [3.05, 3.63) is 24.3 Å². The van der Waals surface area contributed by atoms with Crippen molar-refractivity contribution in [1.82, 2.24) is 0 Å². The molecular weight excluding hydrogens is 206 g/mol. The summed E-state index contributed by atoms with van der Waals surface area (Å²) in [6.07, 6.45) is 0.848. The largest absolute Gasteiger partial charge is 0.373 e. The average Bonchev–Trinajstić information content (AvgIpc) is 2.17. The zero-order chi connectivity index (χ0) is 9.26. The minimum Gasteiger partial charge on any atom is -0.373 e. The highest BCUT2D eigenvalue weighted by Gasteiger charge is 2.25. The van der Waals surface area contributed by atoms with Gasteiger partial charge in [0.05, 0.1) is 0 Å². The van der Waals surface area contributed by atoms with Crippen LogP contribution in [0.4, 0.5) is 5.69 Å². The Morgan fingerprint density at radius 3 is 3.00 bits per heavy atom. The second kappa shape index (κ2) is 3.60. The van der Waals surface area contributed by atoms with Gasteiger partial charge in [-0.05, 0) is 12.1 Å². The van der Waals surface area contributed by atoms with Gasteiger partial charge >= 0.3 is 0 Å². The van der Waals surface area contributed by atoms with Crippen LogP contribution in [0.2, 0.25) is 0 Å². The standard InChI is InChI=1S/C9H8ClNOS/c10-9-7(5-12)11-6-3-1-2-4-8(6)13-9/h1-5,7,9,11H. The molecule has 13 heavy (non-hydrogen) atoms. The second-order valence-electron chi connectivity index (χ2n) is 2.77. The molecular formula is C9H8ClNOS. The molecule has 1 aromatic carbocycles. The van der Waals surface area contributed by atoms with Crippen molar-refractivity contribution in [2.45, 2.75) is 15.6 Å². The summed E-state index contributed by atoms with van der Waals surface area (Å²) in [5, 5.41) is 3.08. The lowest BCUT2D eigenvalue weighted by atomic mass is 10.2. The van der Waals surface area contributed by atoms with Crippen molar-refractivity contribution in [2.75, 3.05) is 5.32 Å². The number of thioether (sulfide) groups is 1. The van der Waals surface area contributed by atoms with Crippen LogP contribution < -0.4 is 5.32 Å². The van der Waals surface area contributed by atoms with Gasteiger partial charge in [-0.25, -0.2) is 0 Å². The molecule has 0 amide bonds. The lowest BCUT2D eigenvalue weighted by molar-refractivity contribution is -0.108. The number of hydrogen-bond donors (Lipinski definition) is 1. The number of alkyl halides is 1. The number of fused-ring (bicyclic) bond motifs is 1. The van der Waals surface area contributed by atoms with E-state index >= 15 is 0 Å². The first kappa shape index (κ1) is 8.91. The molecule has 0 saturated carbocycles. The predicted octanol–water partition coefficient (Wildman–Crippen LogP) is 2.34. The highest BCUT2D eigenvalue weighted by molar-refractivity contribution is 8.01. The van der Waals surface area contributed by atoms with Crippen LogP contribution in [0.3, 0.4) is 0 Å². The number of anilines is 1. The zero-order valence-corrected chi connectivity index (χ0v) is 8.31. The number of aldehydes is 1. The molecule has 1 aliphatic heterocycles. The van der Waals surface area contributed by atoms with Crippen LogP contribution in [0.1, 0.15) is 0 Å². The maximum Gasteiger partial charge on any atom is 0.144 e. The number of carbonyl (C=O) groups excluding carboxylic acids is 1. The highest BCUT2D eigenvalue weighted by Crippen LogP contribution is 2.38. The van der Waals surface area contributed by atoms with E-state index in [0.717, 1.165) is 16.9 Å². The lowest BCUT2D eigenvalue weighted by Gasteiger charge is -2.26. The fraction of sp³-hybridized carbons (Fsp3) is 0.222. The van der Waals surface area contributed by atoms with Crippen LogP contribution in [-0.4, -0.2) is 17.0 Å². The molecule has 0 aromatic heterocycles. The molecule has 0 aliphatic carbocycles. The number of benzene rings is 1. The fourth-order valence-corrected chi connectivity index (χ4v) is 2.57. The third-order valence-corrected chi connectivity index (χ3v) is 3.54. The second-order valence-corrected chi connectivity index (χ2v) is 4.68. The molecule has 0 spiro atoms. The van der Waals surface area contributed by atoms with Gasteiger partial charge in [-0.1, -0.05) is 12.1 Å². The van der Waals surface area contributed by atoms with Crippen LogP contribution in [0.15, 0.2) is 29.2 Å². The van der Waals surface area contributed by atoms with Crippen molar-refractivity contribution in [1.29, 1.82) is 0 Å².